The molecule has 4 aromatic carbocycles. The van der Waals surface area contributed by atoms with Crippen LogP contribution in [0.3, 0.4) is 0 Å². The van der Waals surface area contributed by atoms with Crippen LogP contribution in [0.15, 0.2) is 127 Å². The van der Waals surface area contributed by atoms with Crippen LogP contribution in [0, 0.1) is 17.8 Å². The first-order chi connectivity index (χ1) is 26.5. The zero-order valence-corrected chi connectivity index (χ0v) is 38.4. The second-order valence-corrected chi connectivity index (χ2v) is 27.2. The topological polar surface area (TPSA) is 46.2 Å². The fraction of sp³-hybridized carbons (Fsp3) is 0.469. The minimum atomic E-state index is -2.68. The second kappa shape index (κ2) is 20.4. The molecule has 0 amide bonds. The van der Waals surface area contributed by atoms with Crippen LogP contribution >= 0.6 is 0 Å². The fourth-order valence-electron chi connectivity index (χ4n) is 7.15. The predicted molar refractivity (Wildman–Crippen MR) is 240 cm³/mol. The summed E-state index contributed by atoms with van der Waals surface area (Å²) >= 11 is 0. The molecule has 0 bridgehead atoms. The number of ether oxygens (including phenoxy) is 3. The number of methoxy groups -OCH3 is 1. The highest BCUT2D eigenvalue weighted by atomic mass is 28.4. The molecule has 0 heterocycles. The summed E-state index contributed by atoms with van der Waals surface area (Å²) in [5.41, 5.74) is 2.27. The Bertz CT molecular complexity index is 1690. The molecule has 5 atom stereocenters. The third-order valence-corrected chi connectivity index (χ3v) is 21.0. The van der Waals surface area contributed by atoms with Gasteiger partial charge in [-0.3, -0.25) is 0 Å². The second-order valence-electron chi connectivity index (χ2n) is 18.1. The van der Waals surface area contributed by atoms with Gasteiger partial charge in [-0.05, 0) is 62.7 Å². The summed E-state index contributed by atoms with van der Waals surface area (Å²) in [6.45, 7) is 27.7. The van der Waals surface area contributed by atoms with Crippen LogP contribution in [0.5, 0.6) is 5.75 Å². The summed E-state index contributed by atoms with van der Waals surface area (Å²) in [5.74, 6) is 1.15. The molecule has 5 nitrogen and oxygen atoms in total. The molecule has 0 spiro atoms. The minimum Gasteiger partial charge on any atom is -0.497 e. The van der Waals surface area contributed by atoms with Crippen LogP contribution in [0.4, 0.5) is 0 Å². The highest BCUT2D eigenvalue weighted by Gasteiger charge is 2.50. The number of benzene rings is 4. The molecule has 4 rings (SSSR count). The van der Waals surface area contributed by atoms with Gasteiger partial charge in [0.05, 0.1) is 39.1 Å². The Morgan fingerprint density at radius 2 is 1.12 bits per heavy atom. The van der Waals surface area contributed by atoms with Gasteiger partial charge in [0.2, 0.25) is 0 Å². The maximum absolute atomic E-state index is 7.34. The van der Waals surface area contributed by atoms with E-state index < -0.39 is 16.6 Å². The number of rotatable bonds is 20. The minimum absolute atomic E-state index is 0.0405. The molecule has 7 heteroatoms. The largest absolute Gasteiger partial charge is 0.497 e. The maximum atomic E-state index is 7.34. The van der Waals surface area contributed by atoms with Crippen molar-refractivity contribution in [1.29, 1.82) is 0 Å². The molecule has 4 aromatic rings. The molecule has 0 radical (unpaired) electrons. The molecule has 0 fully saturated rings. The van der Waals surface area contributed by atoms with Crippen molar-refractivity contribution in [2.45, 2.75) is 111 Å². The SMILES string of the molecule is COc1ccc(CO[C@H](/C=C/[C@H](C)CO[Si](c2ccccc2)(c2ccccc2)C(C)(C)C)[C@H](C)[C@@H](O[Si](C)(C)C(C)(C)C)[C@@H](C)COCc2ccccc2)cc1. The Balaban J connectivity index is 1.64. The third-order valence-electron chi connectivity index (χ3n) is 11.5. The van der Waals surface area contributed by atoms with E-state index in [-0.39, 0.29) is 40.0 Å². The average Bonchev–Trinajstić information content (AvgIpc) is 3.17. The van der Waals surface area contributed by atoms with E-state index in [0.717, 1.165) is 11.3 Å². The molecule has 0 aliphatic carbocycles. The van der Waals surface area contributed by atoms with E-state index >= 15 is 0 Å². The van der Waals surface area contributed by atoms with Gasteiger partial charge in [0.15, 0.2) is 8.32 Å². The molecule has 56 heavy (non-hydrogen) atoms. The summed E-state index contributed by atoms with van der Waals surface area (Å²) in [5, 5.41) is 2.54. The van der Waals surface area contributed by atoms with Crippen LogP contribution in [0.25, 0.3) is 0 Å². The van der Waals surface area contributed by atoms with Gasteiger partial charge in [-0.2, -0.15) is 0 Å². The summed E-state index contributed by atoms with van der Waals surface area (Å²) < 4.78 is 33.4. The lowest BCUT2D eigenvalue weighted by Gasteiger charge is -2.44. The van der Waals surface area contributed by atoms with E-state index in [0.29, 0.717) is 26.4 Å². The molecule has 0 saturated heterocycles. The van der Waals surface area contributed by atoms with Crippen molar-refractivity contribution >= 4 is 27.0 Å². The van der Waals surface area contributed by atoms with Gasteiger partial charge in [-0.1, -0.05) is 178 Å². The summed E-state index contributed by atoms with van der Waals surface area (Å²) in [7, 11) is -3.15. The van der Waals surface area contributed by atoms with Crippen molar-refractivity contribution in [3.63, 3.8) is 0 Å². The Kier molecular flexibility index (Phi) is 16.5. The zero-order valence-electron chi connectivity index (χ0n) is 36.4. The number of hydrogen-bond acceptors (Lipinski definition) is 5. The normalized spacial score (nSPS) is 15.6. The van der Waals surface area contributed by atoms with Crippen LogP contribution in [0.2, 0.25) is 23.2 Å². The quantitative estimate of drug-likeness (QED) is 0.0659. The van der Waals surface area contributed by atoms with Gasteiger partial charge in [0, 0.05) is 18.4 Å². The third kappa shape index (κ3) is 12.1. The molecule has 0 N–H and O–H groups in total. The standard InChI is InChI=1S/C49H70O5Si2/c1-38(34-53-56(49(7,8)9,44-24-18-14-19-25-44)45-26-20-15-21-27-45)28-33-46(52-37-42-29-31-43(50-10)32-30-42)40(3)47(54-55(11,12)48(4,5)6)39(2)35-51-36-41-22-16-13-17-23-41/h13-33,38-40,46-47H,34-37H2,1-12H3/b33-28+/t38-,39-,40-,46+,47-/m0/s1. The molecule has 304 valence electrons. The number of hydrogen-bond donors (Lipinski definition) is 0. The monoisotopic (exact) mass is 794 g/mol. The first-order valence-corrected chi connectivity index (χ1v) is 25.3. The van der Waals surface area contributed by atoms with Crippen LogP contribution in [-0.4, -0.2) is 49.2 Å². The Morgan fingerprint density at radius 3 is 1.62 bits per heavy atom. The zero-order chi connectivity index (χ0) is 41.0. The first-order valence-electron chi connectivity index (χ1n) is 20.5. The lowest BCUT2D eigenvalue weighted by Crippen LogP contribution is -2.66. The molecule has 0 unspecified atom stereocenters. The summed E-state index contributed by atoms with van der Waals surface area (Å²) in [6.07, 6.45) is 4.28. The Labute approximate surface area is 342 Å². The summed E-state index contributed by atoms with van der Waals surface area (Å²) in [4.78, 5) is 0. The lowest BCUT2D eigenvalue weighted by atomic mass is 9.89. The molecular formula is C49H70O5Si2. The van der Waals surface area contributed by atoms with E-state index in [2.05, 4.69) is 185 Å². The molecular weight excluding hydrogens is 725 g/mol. The first kappa shape index (κ1) is 45.4. The van der Waals surface area contributed by atoms with Crippen molar-refractivity contribution in [3.8, 4) is 5.75 Å². The highest BCUT2D eigenvalue weighted by Crippen LogP contribution is 2.40. The average molecular weight is 795 g/mol. The fourth-order valence-corrected chi connectivity index (χ4v) is 13.3. The van der Waals surface area contributed by atoms with Crippen molar-refractivity contribution in [2.75, 3.05) is 20.3 Å². The van der Waals surface area contributed by atoms with Gasteiger partial charge in [-0.15, -0.1) is 0 Å². The Morgan fingerprint density at radius 1 is 0.607 bits per heavy atom. The lowest BCUT2D eigenvalue weighted by molar-refractivity contribution is -0.0436. The van der Waals surface area contributed by atoms with E-state index in [1.54, 1.807) is 7.11 Å². The van der Waals surface area contributed by atoms with Gasteiger partial charge in [0.25, 0.3) is 8.32 Å². The predicted octanol–water partition coefficient (Wildman–Crippen LogP) is 11.2. The van der Waals surface area contributed by atoms with Gasteiger partial charge in [-0.25, -0.2) is 0 Å². The van der Waals surface area contributed by atoms with E-state index in [1.807, 2.05) is 18.2 Å². The molecule has 0 aliphatic heterocycles. The van der Waals surface area contributed by atoms with E-state index in [4.69, 9.17) is 23.1 Å². The van der Waals surface area contributed by atoms with Crippen molar-refractivity contribution < 1.29 is 23.1 Å². The van der Waals surface area contributed by atoms with E-state index in [9.17, 15) is 0 Å². The van der Waals surface area contributed by atoms with Crippen molar-refractivity contribution in [2.24, 2.45) is 17.8 Å². The van der Waals surface area contributed by atoms with Crippen LogP contribution < -0.4 is 15.1 Å². The van der Waals surface area contributed by atoms with Gasteiger partial charge < -0.3 is 23.1 Å². The van der Waals surface area contributed by atoms with Gasteiger partial charge >= 0.3 is 0 Å². The van der Waals surface area contributed by atoms with E-state index in [1.165, 1.54) is 15.9 Å². The van der Waals surface area contributed by atoms with Crippen LogP contribution in [-0.2, 0) is 31.5 Å². The molecule has 0 aromatic heterocycles. The van der Waals surface area contributed by atoms with Crippen LogP contribution in [0.1, 0.15) is 73.4 Å². The summed E-state index contributed by atoms with van der Waals surface area (Å²) in [6, 6.07) is 40.3. The van der Waals surface area contributed by atoms with Crippen molar-refractivity contribution in [3.05, 3.63) is 139 Å². The van der Waals surface area contributed by atoms with Crippen molar-refractivity contribution in [1.82, 2.24) is 0 Å². The maximum Gasteiger partial charge on any atom is 0.261 e. The molecule has 0 aliphatic rings. The Hall–Kier alpha value is -3.31. The smallest absolute Gasteiger partial charge is 0.261 e. The molecule has 0 saturated carbocycles. The van der Waals surface area contributed by atoms with Gasteiger partial charge in [0.1, 0.15) is 5.75 Å². The highest BCUT2D eigenvalue weighted by molar-refractivity contribution is 6.99.